The van der Waals surface area contributed by atoms with E-state index in [0.717, 1.165) is 5.01 Å². The Bertz CT molecular complexity index is 611. The van der Waals surface area contributed by atoms with Crippen molar-refractivity contribution in [1.82, 2.24) is 4.98 Å². The number of aromatic carboxylic acids is 1. The van der Waals surface area contributed by atoms with Crippen molar-refractivity contribution in [2.45, 2.75) is 6.61 Å². The van der Waals surface area contributed by atoms with Crippen LogP contribution in [-0.2, 0) is 11.3 Å². The molecular formula is C11H10ClNO4S. The first-order valence-corrected chi connectivity index (χ1v) is 6.16. The molecule has 0 radical (unpaired) electrons. The average molecular weight is 288 g/mol. The summed E-state index contributed by atoms with van der Waals surface area (Å²) in [6.07, 6.45) is 0. The SMILES string of the molecule is COCc1nc2c(Cl)cc(C(=O)O)c(OC)c2s1. The number of aromatic nitrogens is 1. The highest BCUT2D eigenvalue weighted by molar-refractivity contribution is 7.19. The van der Waals surface area contributed by atoms with E-state index in [1.165, 1.54) is 24.5 Å². The molecule has 18 heavy (non-hydrogen) atoms. The molecule has 0 saturated heterocycles. The number of benzene rings is 1. The molecule has 1 N–H and O–H groups in total. The lowest BCUT2D eigenvalue weighted by molar-refractivity contribution is 0.0693. The second-order valence-electron chi connectivity index (χ2n) is 3.46. The topological polar surface area (TPSA) is 68.7 Å². The van der Waals surface area contributed by atoms with Gasteiger partial charge in [0.05, 0.1) is 23.4 Å². The maximum absolute atomic E-state index is 11.1. The van der Waals surface area contributed by atoms with E-state index in [1.807, 2.05) is 0 Å². The molecule has 0 amide bonds. The van der Waals surface area contributed by atoms with Crippen LogP contribution in [0, 0.1) is 0 Å². The summed E-state index contributed by atoms with van der Waals surface area (Å²) in [6.45, 7) is 0.348. The molecule has 0 atom stereocenters. The van der Waals surface area contributed by atoms with Crippen molar-refractivity contribution in [2.75, 3.05) is 14.2 Å². The number of nitrogens with zero attached hydrogens (tertiary/aromatic N) is 1. The molecule has 0 bridgehead atoms. The predicted octanol–water partition coefficient (Wildman–Crippen LogP) is 2.80. The van der Waals surface area contributed by atoms with Crippen molar-refractivity contribution in [2.24, 2.45) is 0 Å². The van der Waals surface area contributed by atoms with E-state index in [2.05, 4.69) is 4.98 Å². The molecule has 2 aromatic rings. The smallest absolute Gasteiger partial charge is 0.339 e. The van der Waals surface area contributed by atoms with Crippen LogP contribution in [0.5, 0.6) is 5.75 Å². The van der Waals surface area contributed by atoms with Crippen LogP contribution in [0.25, 0.3) is 10.2 Å². The van der Waals surface area contributed by atoms with E-state index in [9.17, 15) is 4.79 Å². The van der Waals surface area contributed by atoms with Gasteiger partial charge in [-0.2, -0.15) is 0 Å². The van der Waals surface area contributed by atoms with Crippen molar-refractivity contribution < 1.29 is 19.4 Å². The summed E-state index contributed by atoms with van der Waals surface area (Å²) in [4.78, 5) is 15.4. The number of fused-ring (bicyclic) bond motifs is 1. The highest BCUT2D eigenvalue weighted by atomic mass is 35.5. The van der Waals surface area contributed by atoms with E-state index >= 15 is 0 Å². The number of thiazole rings is 1. The molecule has 2 rings (SSSR count). The number of halogens is 1. The third kappa shape index (κ3) is 2.14. The number of hydrogen-bond donors (Lipinski definition) is 1. The second-order valence-corrected chi connectivity index (χ2v) is 4.95. The highest BCUT2D eigenvalue weighted by Crippen LogP contribution is 2.38. The summed E-state index contributed by atoms with van der Waals surface area (Å²) >= 11 is 7.34. The van der Waals surface area contributed by atoms with Crippen LogP contribution in [0.3, 0.4) is 0 Å². The van der Waals surface area contributed by atoms with Crippen molar-refractivity contribution in [3.05, 3.63) is 21.7 Å². The number of carboxylic acid groups (broad SMARTS) is 1. The van der Waals surface area contributed by atoms with Crippen LogP contribution in [0.15, 0.2) is 6.07 Å². The van der Waals surface area contributed by atoms with Crippen molar-refractivity contribution >= 4 is 39.1 Å². The largest absolute Gasteiger partial charge is 0.494 e. The lowest BCUT2D eigenvalue weighted by Crippen LogP contribution is -2.00. The van der Waals surface area contributed by atoms with Crippen LogP contribution in [0.4, 0.5) is 0 Å². The Labute approximate surface area is 112 Å². The van der Waals surface area contributed by atoms with Crippen molar-refractivity contribution in [1.29, 1.82) is 0 Å². The quantitative estimate of drug-likeness (QED) is 0.936. The Morgan fingerprint density at radius 1 is 1.56 bits per heavy atom. The number of methoxy groups -OCH3 is 2. The van der Waals surface area contributed by atoms with Crippen LogP contribution in [0.2, 0.25) is 5.02 Å². The fourth-order valence-electron chi connectivity index (χ4n) is 1.61. The Morgan fingerprint density at radius 3 is 2.83 bits per heavy atom. The molecule has 5 nitrogen and oxygen atoms in total. The van der Waals surface area contributed by atoms with E-state index in [4.69, 9.17) is 26.2 Å². The molecule has 0 saturated carbocycles. The summed E-state index contributed by atoms with van der Waals surface area (Å²) in [5, 5.41) is 10.1. The summed E-state index contributed by atoms with van der Waals surface area (Å²) in [6, 6.07) is 1.35. The van der Waals surface area contributed by atoms with Crippen LogP contribution in [0.1, 0.15) is 15.4 Å². The minimum atomic E-state index is -1.09. The van der Waals surface area contributed by atoms with Gasteiger partial charge >= 0.3 is 5.97 Å². The van der Waals surface area contributed by atoms with E-state index in [-0.39, 0.29) is 11.3 Å². The zero-order chi connectivity index (χ0) is 13.3. The predicted molar refractivity (Wildman–Crippen MR) is 68.9 cm³/mol. The molecule has 7 heteroatoms. The van der Waals surface area contributed by atoms with Gasteiger partial charge in [0.1, 0.15) is 16.1 Å². The second kappa shape index (κ2) is 5.09. The first-order chi connectivity index (χ1) is 8.58. The maximum atomic E-state index is 11.1. The van der Waals surface area contributed by atoms with Gasteiger partial charge in [-0.15, -0.1) is 11.3 Å². The molecule has 0 aliphatic rings. The summed E-state index contributed by atoms with van der Waals surface area (Å²) in [5.41, 5.74) is 0.568. The van der Waals surface area contributed by atoms with Gasteiger partial charge in [-0.25, -0.2) is 9.78 Å². The number of carbonyl (C=O) groups is 1. The Kier molecular flexibility index (Phi) is 3.70. The summed E-state index contributed by atoms with van der Waals surface area (Å²) in [5.74, 6) is -0.806. The molecule has 1 heterocycles. The fraction of sp³-hybridized carbons (Fsp3) is 0.273. The first kappa shape index (κ1) is 13.1. The Balaban J connectivity index is 2.73. The van der Waals surface area contributed by atoms with Crippen molar-refractivity contribution in [3.63, 3.8) is 0 Å². The van der Waals surface area contributed by atoms with Crippen LogP contribution in [-0.4, -0.2) is 30.3 Å². The molecule has 1 aromatic carbocycles. The highest BCUT2D eigenvalue weighted by Gasteiger charge is 2.20. The standard InChI is InChI=1S/C11H10ClNO4S/c1-16-4-7-13-8-6(12)3-5(11(14)15)9(17-2)10(8)18-7/h3H,4H2,1-2H3,(H,14,15). The van der Waals surface area contributed by atoms with Gasteiger partial charge in [-0.05, 0) is 6.07 Å². The van der Waals surface area contributed by atoms with E-state index < -0.39 is 5.97 Å². The lowest BCUT2D eigenvalue weighted by atomic mass is 10.2. The zero-order valence-corrected chi connectivity index (χ0v) is 11.3. The van der Waals surface area contributed by atoms with Gasteiger partial charge in [-0.3, -0.25) is 0 Å². The molecule has 0 fully saturated rings. The molecule has 0 aliphatic carbocycles. The van der Waals surface area contributed by atoms with Gasteiger partial charge in [0, 0.05) is 7.11 Å². The normalized spacial score (nSPS) is 10.8. The third-order valence-electron chi connectivity index (χ3n) is 2.32. The number of hydrogen-bond acceptors (Lipinski definition) is 5. The average Bonchev–Trinajstić information content (AvgIpc) is 2.73. The number of ether oxygens (including phenoxy) is 2. The summed E-state index contributed by atoms with van der Waals surface area (Å²) < 4.78 is 10.8. The third-order valence-corrected chi connectivity index (χ3v) is 3.64. The number of carboxylic acids is 1. The molecule has 0 spiro atoms. The van der Waals surface area contributed by atoms with Gasteiger partial charge in [0.15, 0.2) is 5.75 Å². The minimum absolute atomic E-state index is 0.0302. The Hall–Kier alpha value is -1.37. The molecule has 1 aromatic heterocycles. The van der Waals surface area contributed by atoms with Gasteiger partial charge in [0.2, 0.25) is 0 Å². The lowest BCUT2D eigenvalue weighted by Gasteiger charge is -2.06. The first-order valence-electron chi connectivity index (χ1n) is 4.96. The van der Waals surface area contributed by atoms with E-state index in [1.54, 1.807) is 7.11 Å². The van der Waals surface area contributed by atoms with Gasteiger partial charge in [-0.1, -0.05) is 11.6 Å². The number of rotatable bonds is 4. The van der Waals surface area contributed by atoms with Gasteiger partial charge in [0.25, 0.3) is 0 Å². The fourth-order valence-corrected chi connectivity index (χ4v) is 3.00. The minimum Gasteiger partial charge on any atom is -0.494 e. The molecular weight excluding hydrogens is 278 g/mol. The molecule has 0 unspecified atom stereocenters. The van der Waals surface area contributed by atoms with Crippen LogP contribution < -0.4 is 4.74 Å². The van der Waals surface area contributed by atoms with Gasteiger partial charge < -0.3 is 14.6 Å². The monoisotopic (exact) mass is 287 g/mol. The summed E-state index contributed by atoms with van der Waals surface area (Å²) in [7, 11) is 2.98. The zero-order valence-electron chi connectivity index (χ0n) is 9.69. The van der Waals surface area contributed by atoms with Crippen LogP contribution >= 0.6 is 22.9 Å². The van der Waals surface area contributed by atoms with Crippen molar-refractivity contribution in [3.8, 4) is 5.75 Å². The Morgan fingerprint density at radius 2 is 2.28 bits per heavy atom. The molecule has 96 valence electrons. The van der Waals surface area contributed by atoms with E-state index in [0.29, 0.717) is 21.8 Å². The molecule has 0 aliphatic heterocycles. The maximum Gasteiger partial charge on any atom is 0.339 e.